The molecule has 1 fully saturated rings. The molecule has 0 amide bonds. The van der Waals surface area contributed by atoms with Crippen molar-refractivity contribution in [2.45, 2.75) is 96.3 Å². The highest BCUT2D eigenvalue weighted by atomic mass is 19.1. The number of aromatic carboxylic acids is 1. The summed E-state index contributed by atoms with van der Waals surface area (Å²) in [7, 11) is 0. The third-order valence-electron chi connectivity index (χ3n) is 5.76. The molecule has 1 heterocycles. The van der Waals surface area contributed by atoms with E-state index in [0.29, 0.717) is 0 Å². The first-order valence-corrected chi connectivity index (χ1v) is 10.2. The molecule has 2 rings (SSSR count). The maximum atomic E-state index is 13.6. The van der Waals surface area contributed by atoms with Crippen LogP contribution in [-0.2, 0) is 0 Å². The summed E-state index contributed by atoms with van der Waals surface area (Å²) in [5, 5.41) is 8.95. The fraction of sp³-hybridized carbons (Fsp3) is 0.762. The van der Waals surface area contributed by atoms with Crippen LogP contribution in [0.2, 0.25) is 0 Å². The fourth-order valence-electron chi connectivity index (χ4n) is 4.15. The molecule has 0 spiro atoms. The Morgan fingerprint density at radius 1 is 1.08 bits per heavy atom. The second-order valence-electron chi connectivity index (χ2n) is 7.73. The predicted molar refractivity (Wildman–Crippen MR) is 99.6 cm³/mol. The van der Waals surface area contributed by atoms with Crippen molar-refractivity contribution in [3.8, 4) is 0 Å². The lowest BCUT2D eigenvalue weighted by atomic mass is 9.78. The van der Waals surface area contributed by atoms with Gasteiger partial charge in [0, 0.05) is 5.69 Å². The van der Waals surface area contributed by atoms with E-state index in [1.54, 1.807) is 0 Å². The highest BCUT2D eigenvalue weighted by molar-refractivity contribution is 5.85. The van der Waals surface area contributed by atoms with Crippen molar-refractivity contribution in [2.24, 2.45) is 5.92 Å². The van der Waals surface area contributed by atoms with Gasteiger partial charge in [-0.3, -0.25) is 0 Å². The first kappa shape index (κ1) is 20.0. The Balaban J connectivity index is 1.60. The topological polar surface area (TPSA) is 53.1 Å². The molecular formula is C21H34FNO2. The first-order chi connectivity index (χ1) is 12.1. The van der Waals surface area contributed by atoms with E-state index in [1.807, 2.05) is 0 Å². The molecule has 0 radical (unpaired) electrons. The maximum absolute atomic E-state index is 13.6. The molecular weight excluding hydrogens is 317 g/mol. The Morgan fingerprint density at radius 3 is 2.24 bits per heavy atom. The average Bonchev–Trinajstić information content (AvgIpc) is 3.00. The van der Waals surface area contributed by atoms with Gasteiger partial charge in [-0.1, -0.05) is 64.7 Å². The molecule has 2 N–H and O–H groups in total. The number of aromatic amines is 1. The van der Waals surface area contributed by atoms with Crippen molar-refractivity contribution in [2.75, 3.05) is 0 Å². The summed E-state index contributed by atoms with van der Waals surface area (Å²) in [6, 6.07) is 1.38. The van der Waals surface area contributed by atoms with E-state index in [-0.39, 0.29) is 11.6 Å². The number of hydrogen-bond acceptors (Lipinski definition) is 1. The molecule has 142 valence electrons. The Hall–Kier alpha value is -1.32. The second kappa shape index (κ2) is 10.6. The van der Waals surface area contributed by atoms with Crippen LogP contribution in [0.5, 0.6) is 0 Å². The van der Waals surface area contributed by atoms with Crippen molar-refractivity contribution >= 4 is 5.97 Å². The zero-order valence-electron chi connectivity index (χ0n) is 15.7. The highest BCUT2D eigenvalue weighted by Crippen LogP contribution is 2.37. The van der Waals surface area contributed by atoms with Gasteiger partial charge in [-0.2, -0.15) is 0 Å². The number of H-pyrrole nitrogens is 1. The Kier molecular flexibility index (Phi) is 8.50. The van der Waals surface area contributed by atoms with Crippen molar-refractivity contribution in [1.29, 1.82) is 0 Å². The summed E-state index contributed by atoms with van der Waals surface area (Å²) >= 11 is 0. The maximum Gasteiger partial charge on any atom is 0.355 e. The molecule has 1 saturated carbocycles. The van der Waals surface area contributed by atoms with Crippen molar-refractivity contribution in [1.82, 2.24) is 4.98 Å². The van der Waals surface area contributed by atoms with E-state index in [1.165, 1.54) is 76.7 Å². The summed E-state index contributed by atoms with van der Waals surface area (Å²) in [6.45, 7) is 2.26. The van der Waals surface area contributed by atoms with Crippen LogP contribution >= 0.6 is 0 Å². The molecule has 0 saturated heterocycles. The molecule has 1 aliphatic rings. The molecule has 1 aromatic heterocycles. The Morgan fingerprint density at radius 2 is 1.68 bits per heavy atom. The van der Waals surface area contributed by atoms with Gasteiger partial charge < -0.3 is 10.1 Å². The van der Waals surface area contributed by atoms with Crippen LogP contribution in [0.4, 0.5) is 4.39 Å². The summed E-state index contributed by atoms with van der Waals surface area (Å²) in [6.07, 6.45) is 16.7. The number of unbranched alkanes of at least 4 members (excludes halogenated alkanes) is 7. The summed E-state index contributed by atoms with van der Waals surface area (Å²) in [4.78, 5) is 13.7. The van der Waals surface area contributed by atoms with E-state index in [2.05, 4.69) is 11.9 Å². The van der Waals surface area contributed by atoms with Crippen molar-refractivity contribution < 1.29 is 14.3 Å². The Bertz CT molecular complexity index is 518. The molecule has 0 bridgehead atoms. The van der Waals surface area contributed by atoms with Crippen LogP contribution in [0.15, 0.2) is 6.07 Å². The van der Waals surface area contributed by atoms with Crippen LogP contribution < -0.4 is 0 Å². The molecule has 0 aromatic carbocycles. The number of carboxylic acids is 1. The van der Waals surface area contributed by atoms with Gasteiger partial charge in [0.15, 0.2) is 11.5 Å². The van der Waals surface area contributed by atoms with Gasteiger partial charge >= 0.3 is 5.97 Å². The zero-order chi connectivity index (χ0) is 18.1. The number of aromatic nitrogens is 1. The van der Waals surface area contributed by atoms with E-state index >= 15 is 0 Å². The molecule has 0 atom stereocenters. The van der Waals surface area contributed by atoms with E-state index in [0.717, 1.165) is 24.5 Å². The number of rotatable bonds is 11. The largest absolute Gasteiger partial charge is 0.476 e. The van der Waals surface area contributed by atoms with Crippen molar-refractivity contribution in [3.63, 3.8) is 0 Å². The Labute approximate surface area is 151 Å². The SMILES string of the molecule is CCCCCCCCCCC1CCC(c2cc(F)c(C(=O)O)[nH]2)CC1. The summed E-state index contributed by atoms with van der Waals surface area (Å²) in [5.74, 6) is -0.761. The van der Waals surface area contributed by atoms with Crippen LogP contribution in [0, 0.1) is 11.7 Å². The highest BCUT2D eigenvalue weighted by Gasteiger charge is 2.25. The lowest BCUT2D eigenvalue weighted by molar-refractivity contribution is 0.0686. The lowest BCUT2D eigenvalue weighted by Crippen LogP contribution is -2.14. The third-order valence-corrected chi connectivity index (χ3v) is 5.76. The molecule has 0 unspecified atom stereocenters. The zero-order valence-corrected chi connectivity index (χ0v) is 15.7. The molecule has 1 aliphatic carbocycles. The van der Waals surface area contributed by atoms with Crippen LogP contribution in [0.1, 0.15) is 112 Å². The lowest BCUT2D eigenvalue weighted by Gasteiger charge is -2.28. The molecule has 0 aliphatic heterocycles. The molecule has 1 aromatic rings. The third kappa shape index (κ3) is 6.48. The number of nitrogens with one attached hydrogen (secondary N) is 1. The number of halogens is 1. The molecule has 3 nitrogen and oxygen atoms in total. The van der Waals surface area contributed by atoms with Crippen LogP contribution in [0.3, 0.4) is 0 Å². The first-order valence-electron chi connectivity index (χ1n) is 10.2. The predicted octanol–water partition coefficient (Wildman–Crippen LogP) is 6.66. The average molecular weight is 352 g/mol. The number of carboxylic acid groups (broad SMARTS) is 1. The van der Waals surface area contributed by atoms with Crippen LogP contribution in [-0.4, -0.2) is 16.1 Å². The van der Waals surface area contributed by atoms with Gasteiger partial charge in [-0.25, -0.2) is 9.18 Å². The normalized spacial score (nSPS) is 20.7. The number of hydrogen-bond donors (Lipinski definition) is 2. The molecule has 25 heavy (non-hydrogen) atoms. The minimum Gasteiger partial charge on any atom is -0.476 e. The van der Waals surface area contributed by atoms with Gasteiger partial charge in [0.2, 0.25) is 0 Å². The summed E-state index contributed by atoms with van der Waals surface area (Å²) in [5.41, 5.74) is 0.469. The fourth-order valence-corrected chi connectivity index (χ4v) is 4.15. The van der Waals surface area contributed by atoms with E-state index in [9.17, 15) is 9.18 Å². The quantitative estimate of drug-likeness (QED) is 0.438. The minimum absolute atomic E-state index is 0.289. The standard InChI is InChI=1S/C21H34FNO2/c1-2-3-4-5-6-7-8-9-10-16-11-13-17(14-12-16)19-15-18(22)20(23-19)21(24)25/h15-17,23H,2-14H2,1H3,(H,24,25). The van der Waals surface area contributed by atoms with Gasteiger partial charge in [0.1, 0.15) is 0 Å². The smallest absolute Gasteiger partial charge is 0.355 e. The van der Waals surface area contributed by atoms with Crippen molar-refractivity contribution in [3.05, 3.63) is 23.3 Å². The van der Waals surface area contributed by atoms with E-state index in [4.69, 9.17) is 5.11 Å². The second-order valence-corrected chi connectivity index (χ2v) is 7.73. The van der Waals surface area contributed by atoms with Gasteiger partial charge in [-0.15, -0.1) is 0 Å². The minimum atomic E-state index is -1.22. The van der Waals surface area contributed by atoms with E-state index < -0.39 is 11.8 Å². The van der Waals surface area contributed by atoms with Gasteiger partial charge in [0.05, 0.1) is 0 Å². The van der Waals surface area contributed by atoms with Gasteiger partial charge in [-0.05, 0) is 43.6 Å². The number of carbonyl (C=O) groups is 1. The van der Waals surface area contributed by atoms with Gasteiger partial charge in [0.25, 0.3) is 0 Å². The van der Waals surface area contributed by atoms with Crippen LogP contribution in [0.25, 0.3) is 0 Å². The monoisotopic (exact) mass is 351 g/mol. The summed E-state index contributed by atoms with van der Waals surface area (Å²) < 4.78 is 13.6. The molecule has 4 heteroatoms.